The Morgan fingerprint density at radius 1 is 1.03 bits per heavy atom. The number of guanidine groups is 1. The molecule has 30 heavy (non-hydrogen) atoms. The highest BCUT2D eigenvalue weighted by Gasteiger charge is 2.05. The maximum atomic E-state index is 5.20. The number of hydrogen-bond donors (Lipinski definition) is 2. The first kappa shape index (κ1) is 23.7. The Morgan fingerprint density at radius 3 is 2.47 bits per heavy atom. The van der Waals surface area contributed by atoms with Crippen LogP contribution in [0.5, 0.6) is 5.75 Å². The second kappa shape index (κ2) is 12.9. The molecule has 0 amide bonds. The number of aryl methyl sites for hydroxylation is 1. The van der Waals surface area contributed by atoms with Crippen LogP contribution in [0.15, 0.2) is 72.0 Å². The summed E-state index contributed by atoms with van der Waals surface area (Å²) in [4.78, 5) is 4.34. The summed E-state index contributed by atoms with van der Waals surface area (Å²) in [5.74, 6) is 1.71. The summed E-state index contributed by atoms with van der Waals surface area (Å²) in [7, 11) is 3.49. The molecule has 0 aliphatic heterocycles. The number of ether oxygens (including phenoxy) is 1. The van der Waals surface area contributed by atoms with E-state index in [1.54, 1.807) is 20.4 Å². The van der Waals surface area contributed by atoms with Gasteiger partial charge in [-0.1, -0.05) is 36.4 Å². The Kier molecular flexibility index (Phi) is 10.2. The van der Waals surface area contributed by atoms with Gasteiger partial charge in [0.15, 0.2) is 5.96 Å². The molecule has 0 aliphatic carbocycles. The first-order valence-corrected chi connectivity index (χ1v) is 9.90. The Balaban J connectivity index is 0.00000320. The summed E-state index contributed by atoms with van der Waals surface area (Å²) in [5, 5.41) is 11.1. The average Bonchev–Trinajstić information content (AvgIpc) is 3.28. The maximum Gasteiger partial charge on any atom is 0.191 e. The molecule has 0 aliphatic rings. The minimum atomic E-state index is 0. The smallest absolute Gasteiger partial charge is 0.191 e. The van der Waals surface area contributed by atoms with Gasteiger partial charge >= 0.3 is 0 Å². The van der Waals surface area contributed by atoms with Crippen molar-refractivity contribution in [1.29, 1.82) is 0 Å². The predicted octanol–water partition coefficient (Wildman–Crippen LogP) is 3.86. The highest BCUT2D eigenvalue weighted by molar-refractivity contribution is 14.0. The molecule has 0 radical (unpaired) electrons. The quantitative estimate of drug-likeness (QED) is 0.195. The van der Waals surface area contributed by atoms with Crippen LogP contribution in [0.25, 0.3) is 0 Å². The van der Waals surface area contributed by atoms with Crippen LogP contribution >= 0.6 is 24.0 Å². The molecule has 3 aromatic rings. The molecule has 1 aromatic heterocycles. The largest absolute Gasteiger partial charge is 0.497 e. The Labute approximate surface area is 195 Å². The van der Waals surface area contributed by atoms with E-state index in [1.165, 1.54) is 16.7 Å². The van der Waals surface area contributed by atoms with E-state index in [0.29, 0.717) is 0 Å². The molecule has 0 saturated carbocycles. The Bertz CT molecular complexity index is 894. The van der Waals surface area contributed by atoms with Gasteiger partial charge in [-0.25, -0.2) is 0 Å². The van der Waals surface area contributed by atoms with Gasteiger partial charge in [0, 0.05) is 32.5 Å². The zero-order valence-electron chi connectivity index (χ0n) is 17.5. The molecule has 0 fully saturated rings. The summed E-state index contributed by atoms with van der Waals surface area (Å²) < 4.78 is 7.14. The SMILES string of the molecule is CN=C(NCCCc1ccc(OC)cc1)NCc1ccccc1Cn1cccn1.I. The second-order valence-electron chi connectivity index (χ2n) is 6.78. The summed E-state index contributed by atoms with van der Waals surface area (Å²) >= 11 is 0. The fourth-order valence-corrected chi connectivity index (χ4v) is 3.14. The molecular formula is C23H30IN5O. The van der Waals surface area contributed by atoms with E-state index in [0.717, 1.165) is 44.2 Å². The molecule has 0 unspecified atom stereocenters. The third-order valence-electron chi connectivity index (χ3n) is 4.77. The molecular weight excluding hydrogens is 489 g/mol. The van der Waals surface area contributed by atoms with Crippen LogP contribution in [-0.4, -0.2) is 36.4 Å². The van der Waals surface area contributed by atoms with Crippen molar-refractivity contribution in [3.63, 3.8) is 0 Å². The normalized spacial score (nSPS) is 10.9. The van der Waals surface area contributed by atoms with Crippen LogP contribution < -0.4 is 15.4 Å². The lowest BCUT2D eigenvalue weighted by molar-refractivity contribution is 0.414. The first-order chi connectivity index (χ1) is 14.3. The molecule has 7 heteroatoms. The molecule has 1 heterocycles. The number of halogens is 1. The maximum absolute atomic E-state index is 5.20. The molecule has 6 nitrogen and oxygen atoms in total. The monoisotopic (exact) mass is 519 g/mol. The molecule has 0 bridgehead atoms. The molecule has 2 aromatic carbocycles. The topological polar surface area (TPSA) is 63.5 Å². The average molecular weight is 519 g/mol. The van der Waals surface area contributed by atoms with Gasteiger partial charge in [0.2, 0.25) is 0 Å². The van der Waals surface area contributed by atoms with Crippen LogP contribution in [0.2, 0.25) is 0 Å². The summed E-state index contributed by atoms with van der Waals surface area (Å²) in [6.45, 7) is 2.34. The first-order valence-electron chi connectivity index (χ1n) is 9.90. The summed E-state index contributed by atoms with van der Waals surface area (Å²) in [5.41, 5.74) is 3.80. The van der Waals surface area contributed by atoms with Crippen molar-refractivity contribution in [3.05, 3.63) is 83.7 Å². The van der Waals surface area contributed by atoms with Crippen molar-refractivity contribution in [2.75, 3.05) is 20.7 Å². The fourth-order valence-electron chi connectivity index (χ4n) is 3.14. The van der Waals surface area contributed by atoms with Crippen LogP contribution in [0.3, 0.4) is 0 Å². The number of hydrogen-bond acceptors (Lipinski definition) is 3. The number of aliphatic imine (C=N–C) groups is 1. The van der Waals surface area contributed by atoms with Crippen molar-refractivity contribution in [1.82, 2.24) is 20.4 Å². The Morgan fingerprint density at radius 2 is 1.80 bits per heavy atom. The number of methoxy groups -OCH3 is 1. The summed E-state index contributed by atoms with van der Waals surface area (Å²) in [6, 6.07) is 18.6. The summed E-state index contributed by atoms with van der Waals surface area (Å²) in [6.07, 6.45) is 5.83. The number of rotatable bonds is 9. The van der Waals surface area contributed by atoms with Crippen LogP contribution in [0.4, 0.5) is 0 Å². The van der Waals surface area contributed by atoms with E-state index in [2.05, 4.69) is 57.1 Å². The van der Waals surface area contributed by atoms with E-state index in [1.807, 2.05) is 29.1 Å². The van der Waals surface area contributed by atoms with Crippen molar-refractivity contribution in [2.45, 2.75) is 25.9 Å². The van der Waals surface area contributed by atoms with Gasteiger partial charge in [-0.05, 0) is 47.7 Å². The van der Waals surface area contributed by atoms with Gasteiger partial charge in [-0.3, -0.25) is 9.67 Å². The molecule has 0 atom stereocenters. The zero-order chi connectivity index (χ0) is 20.3. The second-order valence-corrected chi connectivity index (χ2v) is 6.78. The van der Waals surface area contributed by atoms with Crippen molar-refractivity contribution in [2.24, 2.45) is 4.99 Å². The lowest BCUT2D eigenvalue weighted by Gasteiger charge is -2.14. The van der Waals surface area contributed by atoms with Crippen LogP contribution in [0, 0.1) is 0 Å². The minimum absolute atomic E-state index is 0. The lowest BCUT2D eigenvalue weighted by atomic mass is 10.1. The zero-order valence-corrected chi connectivity index (χ0v) is 19.9. The van der Waals surface area contributed by atoms with Gasteiger partial charge < -0.3 is 15.4 Å². The predicted molar refractivity (Wildman–Crippen MR) is 133 cm³/mol. The van der Waals surface area contributed by atoms with Gasteiger partial charge in [0.1, 0.15) is 5.75 Å². The van der Waals surface area contributed by atoms with E-state index < -0.39 is 0 Å². The standard InChI is InChI=1S/C23H29N5O.HI/c1-24-23(25-14-5-7-19-10-12-22(29-2)13-11-19)26-17-20-8-3-4-9-21(20)18-28-16-6-15-27-28;/h3-4,6,8-13,15-16H,5,7,14,17-18H2,1-2H3,(H2,24,25,26);1H. The van der Waals surface area contributed by atoms with Crippen LogP contribution in [0.1, 0.15) is 23.1 Å². The van der Waals surface area contributed by atoms with Gasteiger partial charge in [0.05, 0.1) is 13.7 Å². The van der Waals surface area contributed by atoms with E-state index in [4.69, 9.17) is 4.74 Å². The van der Waals surface area contributed by atoms with Gasteiger partial charge in [-0.15, -0.1) is 24.0 Å². The Hall–Kier alpha value is -2.55. The van der Waals surface area contributed by atoms with E-state index in [-0.39, 0.29) is 24.0 Å². The molecule has 160 valence electrons. The van der Waals surface area contributed by atoms with Crippen molar-refractivity contribution < 1.29 is 4.74 Å². The number of benzene rings is 2. The van der Waals surface area contributed by atoms with E-state index >= 15 is 0 Å². The molecule has 0 saturated heterocycles. The fraction of sp³-hybridized carbons (Fsp3) is 0.304. The number of nitrogens with zero attached hydrogens (tertiary/aromatic N) is 3. The number of nitrogens with one attached hydrogen (secondary N) is 2. The molecule has 2 N–H and O–H groups in total. The third-order valence-corrected chi connectivity index (χ3v) is 4.77. The highest BCUT2D eigenvalue weighted by Crippen LogP contribution is 2.12. The van der Waals surface area contributed by atoms with Crippen molar-refractivity contribution >= 4 is 29.9 Å². The molecule has 0 spiro atoms. The van der Waals surface area contributed by atoms with Crippen LogP contribution in [-0.2, 0) is 19.5 Å². The van der Waals surface area contributed by atoms with Gasteiger partial charge in [0.25, 0.3) is 0 Å². The highest BCUT2D eigenvalue weighted by atomic mass is 127. The minimum Gasteiger partial charge on any atom is -0.497 e. The third kappa shape index (κ3) is 7.37. The van der Waals surface area contributed by atoms with Crippen molar-refractivity contribution in [3.8, 4) is 5.75 Å². The van der Waals surface area contributed by atoms with Gasteiger partial charge in [-0.2, -0.15) is 5.10 Å². The molecule has 3 rings (SSSR count). The van der Waals surface area contributed by atoms with E-state index in [9.17, 15) is 0 Å². The number of aromatic nitrogens is 2. The lowest BCUT2D eigenvalue weighted by Crippen LogP contribution is -2.37.